The monoisotopic (exact) mass is 414 g/mol. The molecule has 0 saturated heterocycles. The highest BCUT2D eigenvalue weighted by atomic mass is 32.2. The van der Waals surface area contributed by atoms with Crippen LogP contribution in [0.25, 0.3) is 0 Å². The van der Waals surface area contributed by atoms with Crippen LogP contribution in [0.5, 0.6) is 0 Å². The Morgan fingerprint density at radius 3 is 2.48 bits per heavy atom. The minimum Gasteiger partial charge on any atom is -0.383 e. The molecule has 0 aromatic heterocycles. The first-order chi connectivity index (χ1) is 14.0. The summed E-state index contributed by atoms with van der Waals surface area (Å²) in [5.74, 6) is -0.0233. The van der Waals surface area contributed by atoms with E-state index in [9.17, 15) is 13.2 Å². The fraction of sp³-hybridized carbons (Fsp3) is 0.409. The number of rotatable bonds is 6. The lowest BCUT2D eigenvalue weighted by molar-refractivity contribution is -0.116. The first kappa shape index (κ1) is 20.1. The fourth-order valence-corrected chi connectivity index (χ4v) is 5.92. The van der Waals surface area contributed by atoms with E-state index >= 15 is 0 Å². The average Bonchev–Trinajstić information content (AvgIpc) is 3.03. The molecule has 1 N–H and O–H groups in total. The maximum absolute atomic E-state index is 13.6. The SMILES string of the molecule is COCCN(C1Cc2ccccc2C1)S(=O)(=O)c1ccc2c(c1)CCCC(=O)N2. The highest BCUT2D eigenvalue weighted by molar-refractivity contribution is 7.89. The molecule has 1 aliphatic heterocycles. The summed E-state index contributed by atoms with van der Waals surface area (Å²) in [4.78, 5) is 12.1. The van der Waals surface area contributed by atoms with Crippen molar-refractivity contribution in [1.29, 1.82) is 0 Å². The third-order valence-corrected chi connectivity index (χ3v) is 7.71. The molecule has 0 radical (unpaired) electrons. The second-order valence-corrected chi connectivity index (χ2v) is 9.55. The lowest BCUT2D eigenvalue weighted by atomic mass is 10.1. The molecule has 0 atom stereocenters. The average molecular weight is 415 g/mol. The molecule has 4 rings (SSSR count). The fourth-order valence-electron chi connectivity index (χ4n) is 4.27. The van der Waals surface area contributed by atoms with Crippen molar-refractivity contribution in [3.05, 3.63) is 59.2 Å². The Balaban J connectivity index is 1.65. The van der Waals surface area contributed by atoms with Crippen molar-refractivity contribution in [3.8, 4) is 0 Å². The Morgan fingerprint density at radius 1 is 1.07 bits per heavy atom. The van der Waals surface area contributed by atoms with Crippen LogP contribution in [-0.2, 0) is 38.8 Å². The van der Waals surface area contributed by atoms with E-state index < -0.39 is 10.0 Å². The van der Waals surface area contributed by atoms with Gasteiger partial charge in [0.05, 0.1) is 11.5 Å². The van der Waals surface area contributed by atoms with Crippen molar-refractivity contribution in [1.82, 2.24) is 4.31 Å². The summed E-state index contributed by atoms with van der Waals surface area (Å²) < 4.78 is 34.0. The zero-order valence-corrected chi connectivity index (χ0v) is 17.4. The molecule has 0 saturated carbocycles. The molecule has 0 bridgehead atoms. The Bertz CT molecular complexity index is 994. The van der Waals surface area contributed by atoms with Crippen LogP contribution in [0.4, 0.5) is 5.69 Å². The molecule has 0 unspecified atom stereocenters. The van der Waals surface area contributed by atoms with E-state index in [0.717, 1.165) is 5.56 Å². The minimum absolute atomic E-state index is 0.0233. The summed E-state index contributed by atoms with van der Waals surface area (Å²) in [6.07, 6.45) is 3.27. The van der Waals surface area contributed by atoms with Crippen LogP contribution in [0.15, 0.2) is 47.4 Å². The zero-order chi connectivity index (χ0) is 20.4. The van der Waals surface area contributed by atoms with E-state index in [1.165, 1.54) is 11.1 Å². The molecule has 1 heterocycles. The summed E-state index contributed by atoms with van der Waals surface area (Å²) in [5.41, 5.74) is 4.00. The molecule has 2 aromatic carbocycles. The Kier molecular flexibility index (Phi) is 5.72. The number of anilines is 1. The zero-order valence-electron chi connectivity index (χ0n) is 16.6. The summed E-state index contributed by atoms with van der Waals surface area (Å²) >= 11 is 0. The topological polar surface area (TPSA) is 75.7 Å². The van der Waals surface area contributed by atoms with E-state index in [-0.39, 0.29) is 16.8 Å². The van der Waals surface area contributed by atoms with Gasteiger partial charge >= 0.3 is 0 Å². The van der Waals surface area contributed by atoms with Crippen molar-refractivity contribution >= 4 is 21.6 Å². The minimum atomic E-state index is -3.69. The molecule has 0 fully saturated rings. The second kappa shape index (κ2) is 8.26. The van der Waals surface area contributed by atoms with E-state index in [1.54, 1.807) is 29.6 Å². The number of carbonyl (C=O) groups is 1. The smallest absolute Gasteiger partial charge is 0.243 e. The summed E-state index contributed by atoms with van der Waals surface area (Å²) in [7, 11) is -2.11. The third-order valence-electron chi connectivity index (χ3n) is 5.76. The van der Waals surface area contributed by atoms with Crippen LogP contribution in [-0.4, -0.2) is 44.9 Å². The van der Waals surface area contributed by atoms with Crippen LogP contribution in [0.3, 0.4) is 0 Å². The van der Waals surface area contributed by atoms with E-state index in [1.807, 2.05) is 12.1 Å². The van der Waals surface area contributed by atoms with Gasteiger partial charge in [-0.1, -0.05) is 24.3 Å². The number of fused-ring (bicyclic) bond motifs is 2. The standard InChI is InChI=1S/C22H26N2O4S/c1-28-12-11-24(19-13-16-5-2-3-6-17(16)14-19)29(26,27)20-9-10-21-18(15-20)7-4-8-22(25)23-21/h2-3,5-6,9-10,15,19H,4,7-8,11-14H2,1H3,(H,23,25). The third kappa shape index (κ3) is 4.08. The van der Waals surface area contributed by atoms with Gasteiger partial charge in [0.15, 0.2) is 0 Å². The van der Waals surface area contributed by atoms with Gasteiger partial charge in [0.25, 0.3) is 0 Å². The predicted octanol–water partition coefficient (Wildman–Crippen LogP) is 2.77. The van der Waals surface area contributed by atoms with E-state index in [4.69, 9.17) is 4.74 Å². The molecular weight excluding hydrogens is 388 g/mol. The molecule has 6 nitrogen and oxygen atoms in total. The number of benzene rings is 2. The molecule has 154 valence electrons. The molecule has 2 aromatic rings. The van der Waals surface area contributed by atoms with Crippen molar-refractivity contribution in [2.24, 2.45) is 0 Å². The van der Waals surface area contributed by atoms with Gasteiger partial charge in [-0.05, 0) is 60.6 Å². The molecule has 0 spiro atoms. The Labute approximate surface area is 171 Å². The highest BCUT2D eigenvalue weighted by Gasteiger charge is 2.35. The number of hydrogen-bond donors (Lipinski definition) is 1. The summed E-state index contributed by atoms with van der Waals surface area (Å²) in [6, 6.07) is 13.0. The number of ether oxygens (including phenoxy) is 1. The maximum atomic E-state index is 13.6. The number of sulfonamides is 1. The highest BCUT2D eigenvalue weighted by Crippen LogP contribution is 2.31. The van der Waals surface area contributed by atoms with Crippen molar-refractivity contribution in [2.45, 2.75) is 43.0 Å². The van der Waals surface area contributed by atoms with Crippen LogP contribution in [0.1, 0.15) is 29.5 Å². The lowest BCUT2D eigenvalue weighted by Crippen LogP contribution is -2.42. The summed E-state index contributed by atoms with van der Waals surface area (Å²) in [5, 5.41) is 2.86. The number of amides is 1. The van der Waals surface area contributed by atoms with Gasteiger partial charge in [-0.2, -0.15) is 4.31 Å². The number of aryl methyl sites for hydroxylation is 1. The number of nitrogens with one attached hydrogen (secondary N) is 1. The number of methoxy groups -OCH3 is 1. The largest absolute Gasteiger partial charge is 0.383 e. The van der Waals surface area contributed by atoms with Crippen molar-refractivity contribution in [3.63, 3.8) is 0 Å². The van der Waals surface area contributed by atoms with Crippen LogP contribution in [0, 0.1) is 0 Å². The molecule has 7 heteroatoms. The first-order valence-electron chi connectivity index (χ1n) is 9.99. The quantitative estimate of drug-likeness (QED) is 0.789. The molecule has 29 heavy (non-hydrogen) atoms. The number of nitrogens with zero attached hydrogens (tertiary/aromatic N) is 1. The van der Waals surface area contributed by atoms with Gasteiger partial charge in [-0.3, -0.25) is 4.79 Å². The number of carbonyl (C=O) groups excluding carboxylic acids is 1. The first-order valence-corrected chi connectivity index (χ1v) is 11.4. The van der Waals surface area contributed by atoms with Gasteiger partial charge in [-0.15, -0.1) is 0 Å². The van der Waals surface area contributed by atoms with Gasteiger partial charge in [-0.25, -0.2) is 8.42 Å². The normalized spacial score (nSPS) is 17.0. The molecule has 2 aliphatic rings. The van der Waals surface area contributed by atoms with Gasteiger partial charge < -0.3 is 10.1 Å². The molecule has 1 aliphatic carbocycles. The Morgan fingerprint density at radius 2 is 1.79 bits per heavy atom. The summed E-state index contributed by atoms with van der Waals surface area (Å²) in [6.45, 7) is 0.651. The number of hydrogen-bond acceptors (Lipinski definition) is 4. The van der Waals surface area contributed by atoms with E-state index in [2.05, 4.69) is 17.4 Å². The Hall–Kier alpha value is -2.22. The molecular formula is C22H26N2O4S. The van der Waals surface area contributed by atoms with Gasteiger partial charge in [0, 0.05) is 31.8 Å². The van der Waals surface area contributed by atoms with Gasteiger partial charge in [0.1, 0.15) is 0 Å². The molecule has 1 amide bonds. The van der Waals surface area contributed by atoms with Crippen LogP contribution < -0.4 is 5.32 Å². The van der Waals surface area contributed by atoms with Gasteiger partial charge in [0.2, 0.25) is 15.9 Å². The van der Waals surface area contributed by atoms with E-state index in [0.29, 0.717) is 50.9 Å². The van der Waals surface area contributed by atoms with Crippen LogP contribution >= 0.6 is 0 Å². The van der Waals surface area contributed by atoms with Crippen molar-refractivity contribution < 1.29 is 17.9 Å². The van der Waals surface area contributed by atoms with Crippen LogP contribution in [0.2, 0.25) is 0 Å². The second-order valence-electron chi connectivity index (χ2n) is 7.66. The van der Waals surface area contributed by atoms with Crippen molar-refractivity contribution in [2.75, 3.05) is 25.6 Å². The lowest BCUT2D eigenvalue weighted by Gasteiger charge is -2.28. The predicted molar refractivity (Wildman–Crippen MR) is 111 cm³/mol. The maximum Gasteiger partial charge on any atom is 0.243 e.